The second-order valence-electron chi connectivity index (χ2n) is 7.36. The van der Waals surface area contributed by atoms with Gasteiger partial charge in [0.2, 0.25) is 15.9 Å². The molecular weight excluding hydrogens is 478 g/mol. The molecule has 0 spiro atoms. The van der Waals surface area contributed by atoms with Gasteiger partial charge in [-0.05, 0) is 60.1 Å². The topological polar surface area (TPSA) is 78.5 Å². The highest BCUT2D eigenvalue weighted by Crippen LogP contribution is 2.19. The van der Waals surface area contributed by atoms with Crippen molar-refractivity contribution in [1.82, 2.24) is 9.62 Å². The minimum Gasteiger partial charge on any atom is -0.332 e. The van der Waals surface area contributed by atoms with Crippen LogP contribution in [0.3, 0.4) is 0 Å². The minimum atomic E-state index is -3.65. The van der Waals surface area contributed by atoms with E-state index in [0.717, 1.165) is 11.1 Å². The van der Waals surface area contributed by atoms with Crippen molar-refractivity contribution in [2.24, 2.45) is 0 Å². The van der Waals surface area contributed by atoms with Gasteiger partial charge in [0.15, 0.2) is 5.11 Å². The van der Waals surface area contributed by atoms with Gasteiger partial charge in [0.25, 0.3) is 0 Å². The smallest absolute Gasteiger partial charge is 0.243 e. The lowest BCUT2D eigenvalue weighted by Gasteiger charge is -2.17. The fraction of sp³-hybridized carbons (Fsp3) is 0.167. The average molecular weight is 502 g/mol. The first kappa shape index (κ1) is 24.9. The summed E-state index contributed by atoms with van der Waals surface area (Å²) in [5.41, 5.74) is 2.36. The third-order valence-electron chi connectivity index (χ3n) is 4.90. The Bertz CT molecular complexity index is 1220. The summed E-state index contributed by atoms with van der Waals surface area (Å²) in [5.74, 6) is -0.242. The molecule has 0 aliphatic rings. The van der Waals surface area contributed by atoms with Crippen molar-refractivity contribution < 1.29 is 13.2 Å². The molecule has 1 amide bonds. The molecule has 0 aromatic heterocycles. The third-order valence-corrected chi connectivity index (χ3v) is 7.29. The number of hydrogen-bond acceptors (Lipinski definition) is 4. The highest BCUT2D eigenvalue weighted by molar-refractivity contribution is 7.89. The van der Waals surface area contributed by atoms with Crippen LogP contribution in [0.5, 0.6) is 0 Å². The Morgan fingerprint density at radius 1 is 0.970 bits per heavy atom. The molecule has 3 aromatic rings. The first-order valence-electron chi connectivity index (χ1n) is 10.2. The lowest BCUT2D eigenvalue weighted by atomic mass is 10.1. The number of aryl methyl sites for hydroxylation is 1. The molecule has 0 fully saturated rings. The maximum absolute atomic E-state index is 12.8. The lowest BCUT2D eigenvalue weighted by Crippen LogP contribution is -2.34. The predicted molar refractivity (Wildman–Crippen MR) is 136 cm³/mol. The standard InChI is InChI=1S/C24H24ClN3O3S2/c1-28(17-18-7-3-2-4-8-18)33(30,31)21-14-12-20(13-15-21)26-24(32)27-23(29)16-11-19-9-5-6-10-22(19)25/h2-10,12-15H,11,16-17H2,1H3,(H2,26,27,29,32). The first-order valence-corrected chi connectivity index (χ1v) is 12.4. The Hall–Kier alpha value is -2.78. The fourth-order valence-corrected chi connectivity index (χ4v) is 4.74. The van der Waals surface area contributed by atoms with E-state index in [9.17, 15) is 13.2 Å². The first-order chi connectivity index (χ1) is 15.8. The number of sulfonamides is 1. The van der Waals surface area contributed by atoms with Gasteiger partial charge in [-0.3, -0.25) is 4.79 Å². The van der Waals surface area contributed by atoms with Crippen molar-refractivity contribution >= 4 is 50.5 Å². The quantitative estimate of drug-likeness (QED) is 0.441. The number of rotatable bonds is 8. The van der Waals surface area contributed by atoms with Crippen molar-refractivity contribution in [1.29, 1.82) is 0 Å². The molecule has 6 nitrogen and oxygen atoms in total. The maximum atomic E-state index is 12.8. The number of anilines is 1. The molecular formula is C24H24ClN3O3S2. The summed E-state index contributed by atoms with van der Waals surface area (Å²) >= 11 is 11.3. The summed E-state index contributed by atoms with van der Waals surface area (Å²) in [7, 11) is -2.10. The molecule has 2 N–H and O–H groups in total. The summed E-state index contributed by atoms with van der Waals surface area (Å²) < 4.78 is 27.0. The van der Waals surface area contributed by atoms with E-state index >= 15 is 0 Å². The molecule has 0 atom stereocenters. The SMILES string of the molecule is CN(Cc1ccccc1)S(=O)(=O)c1ccc(NC(=S)NC(=O)CCc2ccccc2Cl)cc1. The van der Waals surface area contributed by atoms with Crippen LogP contribution in [0.25, 0.3) is 0 Å². The fourth-order valence-electron chi connectivity index (χ4n) is 3.12. The minimum absolute atomic E-state index is 0.135. The van der Waals surface area contributed by atoms with E-state index in [1.54, 1.807) is 25.2 Å². The Kier molecular flexibility index (Phi) is 8.57. The summed E-state index contributed by atoms with van der Waals surface area (Å²) in [6.07, 6.45) is 0.730. The molecule has 0 bridgehead atoms. The van der Waals surface area contributed by atoms with E-state index in [-0.39, 0.29) is 28.9 Å². The van der Waals surface area contributed by atoms with E-state index in [4.69, 9.17) is 23.8 Å². The van der Waals surface area contributed by atoms with Gasteiger partial charge in [-0.1, -0.05) is 60.1 Å². The molecule has 0 radical (unpaired) electrons. The number of hydrogen-bond donors (Lipinski definition) is 2. The van der Waals surface area contributed by atoms with Crippen molar-refractivity contribution in [3.8, 4) is 0 Å². The number of benzene rings is 3. The van der Waals surface area contributed by atoms with Gasteiger partial charge < -0.3 is 10.6 Å². The van der Waals surface area contributed by atoms with Crippen LogP contribution < -0.4 is 10.6 Å². The van der Waals surface area contributed by atoms with E-state index in [0.29, 0.717) is 17.1 Å². The van der Waals surface area contributed by atoms with Crippen LogP contribution in [0.4, 0.5) is 5.69 Å². The molecule has 172 valence electrons. The van der Waals surface area contributed by atoms with E-state index in [1.165, 1.54) is 16.4 Å². The molecule has 0 saturated heterocycles. The number of carbonyl (C=O) groups excluding carboxylic acids is 1. The Morgan fingerprint density at radius 2 is 1.61 bits per heavy atom. The van der Waals surface area contributed by atoms with Gasteiger partial charge in [0, 0.05) is 30.7 Å². The second kappa shape index (κ2) is 11.4. The Morgan fingerprint density at radius 3 is 2.27 bits per heavy atom. The maximum Gasteiger partial charge on any atom is 0.243 e. The van der Waals surface area contributed by atoms with Crippen molar-refractivity contribution in [3.05, 3.63) is 95.0 Å². The third kappa shape index (κ3) is 7.10. The zero-order valence-corrected chi connectivity index (χ0v) is 20.4. The lowest BCUT2D eigenvalue weighted by molar-refractivity contribution is -0.119. The molecule has 3 rings (SSSR count). The highest BCUT2D eigenvalue weighted by Gasteiger charge is 2.20. The molecule has 0 aliphatic carbocycles. The van der Waals surface area contributed by atoms with Crippen molar-refractivity contribution in [3.63, 3.8) is 0 Å². The number of thiocarbonyl (C=S) groups is 1. The molecule has 0 heterocycles. The average Bonchev–Trinajstić information content (AvgIpc) is 2.79. The monoisotopic (exact) mass is 501 g/mol. The summed E-state index contributed by atoms with van der Waals surface area (Å²) in [5, 5.41) is 6.27. The van der Waals surface area contributed by atoms with E-state index in [2.05, 4.69) is 10.6 Å². The van der Waals surface area contributed by atoms with Crippen molar-refractivity contribution in [2.75, 3.05) is 12.4 Å². The van der Waals surface area contributed by atoms with Gasteiger partial charge >= 0.3 is 0 Å². The van der Waals surface area contributed by atoms with Gasteiger partial charge in [0.05, 0.1) is 4.90 Å². The van der Waals surface area contributed by atoms with Crippen LogP contribution in [0.1, 0.15) is 17.5 Å². The van der Waals surface area contributed by atoms with E-state index in [1.807, 2.05) is 48.5 Å². The van der Waals surface area contributed by atoms with Crippen LogP contribution in [-0.4, -0.2) is 30.8 Å². The molecule has 33 heavy (non-hydrogen) atoms. The van der Waals surface area contributed by atoms with Crippen LogP contribution in [-0.2, 0) is 27.8 Å². The summed E-state index contributed by atoms with van der Waals surface area (Å²) in [6, 6.07) is 22.9. The van der Waals surface area contributed by atoms with Gasteiger partial charge in [-0.2, -0.15) is 4.31 Å². The number of amides is 1. The molecule has 9 heteroatoms. The number of halogens is 1. The Labute approximate surface area is 204 Å². The number of carbonyl (C=O) groups is 1. The zero-order chi connectivity index (χ0) is 23.8. The van der Waals surface area contributed by atoms with Crippen LogP contribution in [0, 0.1) is 0 Å². The highest BCUT2D eigenvalue weighted by atomic mass is 35.5. The molecule has 3 aromatic carbocycles. The number of nitrogens with one attached hydrogen (secondary N) is 2. The van der Waals surface area contributed by atoms with Crippen molar-refractivity contribution in [2.45, 2.75) is 24.3 Å². The second-order valence-corrected chi connectivity index (χ2v) is 10.2. The van der Waals surface area contributed by atoms with Crippen LogP contribution in [0.15, 0.2) is 83.8 Å². The number of nitrogens with zero attached hydrogens (tertiary/aromatic N) is 1. The zero-order valence-electron chi connectivity index (χ0n) is 18.0. The molecule has 0 saturated carbocycles. The largest absolute Gasteiger partial charge is 0.332 e. The van der Waals surface area contributed by atoms with Gasteiger partial charge in [-0.25, -0.2) is 8.42 Å². The summed E-state index contributed by atoms with van der Waals surface area (Å²) in [6.45, 7) is 0.271. The summed E-state index contributed by atoms with van der Waals surface area (Å²) in [4.78, 5) is 12.3. The predicted octanol–water partition coefficient (Wildman–Crippen LogP) is 4.61. The van der Waals surface area contributed by atoms with Gasteiger partial charge in [-0.15, -0.1) is 0 Å². The van der Waals surface area contributed by atoms with Crippen LogP contribution >= 0.6 is 23.8 Å². The van der Waals surface area contributed by atoms with Gasteiger partial charge in [0.1, 0.15) is 0 Å². The Balaban J connectivity index is 1.53. The van der Waals surface area contributed by atoms with Crippen LogP contribution in [0.2, 0.25) is 5.02 Å². The molecule has 0 unspecified atom stereocenters. The molecule has 0 aliphatic heterocycles. The van der Waals surface area contributed by atoms with E-state index < -0.39 is 10.0 Å². The normalized spacial score (nSPS) is 11.2.